The summed E-state index contributed by atoms with van der Waals surface area (Å²) in [7, 11) is 0. The third-order valence-corrected chi connectivity index (χ3v) is 2.83. The molecular formula is C12H13FO3. The number of carbonyl (C=O) groups excluding carboxylic acids is 1. The summed E-state index contributed by atoms with van der Waals surface area (Å²) in [5, 5.41) is 8.74. The zero-order valence-corrected chi connectivity index (χ0v) is 8.73. The highest BCUT2D eigenvalue weighted by atomic mass is 19.1. The molecule has 1 aromatic carbocycles. The average Bonchev–Trinajstić information content (AvgIpc) is 2.99. The van der Waals surface area contributed by atoms with Crippen molar-refractivity contribution >= 4 is 5.97 Å². The van der Waals surface area contributed by atoms with Crippen molar-refractivity contribution in [1.29, 1.82) is 0 Å². The number of carbonyl (C=O) groups is 1. The molecule has 1 aliphatic rings. The van der Waals surface area contributed by atoms with Crippen molar-refractivity contribution in [2.24, 2.45) is 5.92 Å². The molecule has 0 aromatic heterocycles. The molecule has 0 radical (unpaired) electrons. The van der Waals surface area contributed by atoms with Gasteiger partial charge in [0, 0.05) is 12.5 Å². The summed E-state index contributed by atoms with van der Waals surface area (Å²) in [6.45, 7) is -0.467. The Labute approximate surface area is 92.9 Å². The van der Waals surface area contributed by atoms with E-state index >= 15 is 0 Å². The molecule has 2 atom stereocenters. The predicted octanol–water partition coefficient (Wildman–Crippen LogP) is 1.56. The lowest BCUT2D eigenvalue weighted by atomic mass is 10.2. The molecule has 3 nitrogen and oxygen atoms in total. The highest BCUT2D eigenvalue weighted by Crippen LogP contribution is 2.47. The lowest BCUT2D eigenvalue weighted by Gasteiger charge is -2.08. The van der Waals surface area contributed by atoms with E-state index in [0.717, 1.165) is 0 Å². The van der Waals surface area contributed by atoms with Crippen LogP contribution in [0, 0.1) is 5.92 Å². The minimum absolute atomic E-state index is 0.195. The maximum absolute atomic E-state index is 13.6. The van der Waals surface area contributed by atoms with Crippen molar-refractivity contribution < 1.29 is 19.0 Å². The quantitative estimate of drug-likeness (QED) is 0.789. The van der Waals surface area contributed by atoms with Gasteiger partial charge in [-0.1, -0.05) is 18.2 Å². The number of rotatable bonds is 4. The largest absolute Gasteiger partial charge is 0.459 e. The molecule has 0 heterocycles. The lowest BCUT2D eigenvalue weighted by Crippen LogP contribution is -2.19. The third kappa shape index (κ3) is 2.22. The molecule has 1 aliphatic carbocycles. The van der Waals surface area contributed by atoms with Crippen LogP contribution < -0.4 is 0 Å². The number of ether oxygens (including phenoxy) is 1. The molecule has 0 saturated heterocycles. The third-order valence-electron chi connectivity index (χ3n) is 2.83. The van der Waals surface area contributed by atoms with Crippen molar-refractivity contribution in [3.05, 3.63) is 35.9 Å². The fourth-order valence-corrected chi connectivity index (χ4v) is 1.60. The monoisotopic (exact) mass is 224 g/mol. The highest BCUT2D eigenvalue weighted by Gasteiger charge is 2.56. The molecule has 2 rings (SSSR count). The van der Waals surface area contributed by atoms with E-state index in [1.54, 1.807) is 30.3 Å². The number of aliphatic hydroxyl groups excluding tert-OH is 1. The number of alkyl halides is 1. The van der Waals surface area contributed by atoms with Crippen molar-refractivity contribution in [3.8, 4) is 0 Å². The van der Waals surface area contributed by atoms with Crippen LogP contribution in [0.3, 0.4) is 0 Å². The summed E-state index contributed by atoms with van der Waals surface area (Å²) in [6, 6.07) is 8.45. The average molecular weight is 224 g/mol. The van der Waals surface area contributed by atoms with Gasteiger partial charge in [-0.2, -0.15) is 0 Å². The Balaban J connectivity index is 1.86. The van der Waals surface area contributed by atoms with E-state index in [9.17, 15) is 9.18 Å². The Morgan fingerprint density at radius 1 is 1.50 bits per heavy atom. The summed E-state index contributed by atoms with van der Waals surface area (Å²) >= 11 is 0. The second-order valence-corrected chi connectivity index (χ2v) is 4.06. The van der Waals surface area contributed by atoms with Crippen molar-refractivity contribution in [3.63, 3.8) is 0 Å². The topological polar surface area (TPSA) is 46.5 Å². The Morgan fingerprint density at radius 2 is 2.19 bits per heavy atom. The first-order chi connectivity index (χ1) is 7.65. The summed E-state index contributed by atoms with van der Waals surface area (Å²) in [6.07, 6.45) is 0.269. The van der Waals surface area contributed by atoms with Crippen LogP contribution in [0.1, 0.15) is 16.8 Å². The first-order valence-corrected chi connectivity index (χ1v) is 5.18. The van der Waals surface area contributed by atoms with Gasteiger partial charge < -0.3 is 9.84 Å². The van der Waals surface area contributed by atoms with Gasteiger partial charge in [-0.3, -0.25) is 0 Å². The predicted molar refractivity (Wildman–Crippen MR) is 55.8 cm³/mol. The fourth-order valence-electron chi connectivity index (χ4n) is 1.60. The van der Waals surface area contributed by atoms with Gasteiger partial charge in [0.05, 0.1) is 5.56 Å². The SMILES string of the molecule is O=C(OCC1(F)CC1CO)c1ccccc1. The molecule has 4 heteroatoms. The Bertz CT molecular complexity index is 379. The van der Waals surface area contributed by atoms with Gasteiger partial charge in [-0.15, -0.1) is 0 Å². The molecule has 1 aromatic rings. The Kier molecular flexibility index (Phi) is 2.92. The molecule has 2 unspecified atom stereocenters. The maximum Gasteiger partial charge on any atom is 0.338 e. The molecule has 0 amide bonds. The van der Waals surface area contributed by atoms with Crippen LogP contribution in [0.25, 0.3) is 0 Å². The standard InChI is InChI=1S/C12H13FO3/c13-12(6-10(12)7-14)8-16-11(15)9-4-2-1-3-5-9/h1-5,10,14H,6-8H2. The molecule has 0 spiro atoms. The minimum Gasteiger partial charge on any atom is -0.459 e. The number of aliphatic hydroxyl groups is 1. The van der Waals surface area contributed by atoms with Crippen LogP contribution in [-0.4, -0.2) is 30.0 Å². The second kappa shape index (κ2) is 4.22. The molecule has 86 valence electrons. The summed E-state index contributed by atoms with van der Waals surface area (Å²) in [5.41, 5.74) is -1.11. The number of hydrogen-bond acceptors (Lipinski definition) is 3. The molecule has 1 saturated carbocycles. The van der Waals surface area contributed by atoms with E-state index in [1.807, 2.05) is 0 Å². The maximum atomic E-state index is 13.6. The van der Waals surface area contributed by atoms with Crippen molar-refractivity contribution in [2.45, 2.75) is 12.1 Å². The van der Waals surface area contributed by atoms with E-state index in [4.69, 9.17) is 9.84 Å². The van der Waals surface area contributed by atoms with Gasteiger partial charge >= 0.3 is 5.97 Å². The van der Waals surface area contributed by atoms with Crippen molar-refractivity contribution in [1.82, 2.24) is 0 Å². The number of hydrogen-bond donors (Lipinski definition) is 1. The molecule has 1 fully saturated rings. The smallest absolute Gasteiger partial charge is 0.338 e. The Hall–Kier alpha value is -1.42. The van der Waals surface area contributed by atoms with Crippen molar-refractivity contribution in [2.75, 3.05) is 13.2 Å². The van der Waals surface area contributed by atoms with Crippen LogP contribution in [0.4, 0.5) is 4.39 Å². The fraction of sp³-hybridized carbons (Fsp3) is 0.417. The molecular weight excluding hydrogens is 211 g/mol. The van der Waals surface area contributed by atoms with Crippen LogP contribution in [0.15, 0.2) is 30.3 Å². The van der Waals surface area contributed by atoms with Gasteiger partial charge in [0.25, 0.3) is 0 Å². The Morgan fingerprint density at radius 3 is 2.75 bits per heavy atom. The molecule has 0 bridgehead atoms. The van der Waals surface area contributed by atoms with Crippen LogP contribution in [-0.2, 0) is 4.74 Å². The first-order valence-electron chi connectivity index (χ1n) is 5.18. The summed E-state index contributed by atoms with van der Waals surface area (Å²) in [4.78, 5) is 11.5. The zero-order valence-electron chi connectivity index (χ0n) is 8.73. The number of halogens is 1. The van der Waals surface area contributed by atoms with Crippen LogP contribution in [0.5, 0.6) is 0 Å². The van der Waals surface area contributed by atoms with E-state index in [-0.39, 0.29) is 25.6 Å². The zero-order chi connectivity index (χ0) is 11.6. The normalized spacial score (nSPS) is 27.5. The van der Waals surface area contributed by atoms with Gasteiger partial charge in [0.15, 0.2) is 5.67 Å². The lowest BCUT2D eigenvalue weighted by molar-refractivity contribution is 0.0327. The molecule has 16 heavy (non-hydrogen) atoms. The molecule has 0 aliphatic heterocycles. The summed E-state index contributed by atoms with van der Waals surface area (Å²) < 4.78 is 18.5. The van der Waals surface area contributed by atoms with E-state index in [2.05, 4.69) is 0 Å². The number of esters is 1. The van der Waals surface area contributed by atoms with Gasteiger partial charge in [0.2, 0.25) is 0 Å². The summed E-state index contributed by atoms with van der Waals surface area (Å²) in [5.74, 6) is -0.905. The molecule has 1 N–H and O–H groups in total. The van der Waals surface area contributed by atoms with Crippen LogP contribution >= 0.6 is 0 Å². The highest BCUT2D eigenvalue weighted by molar-refractivity contribution is 5.89. The van der Waals surface area contributed by atoms with E-state index in [0.29, 0.717) is 5.56 Å². The van der Waals surface area contributed by atoms with Gasteiger partial charge in [0.1, 0.15) is 6.61 Å². The van der Waals surface area contributed by atoms with Crippen LogP contribution in [0.2, 0.25) is 0 Å². The van der Waals surface area contributed by atoms with Gasteiger partial charge in [-0.25, -0.2) is 9.18 Å². The van der Waals surface area contributed by atoms with E-state index in [1.165, 1.54) is 0 Å². The first kappa shape index (κ1) is 11.1. The van der Waals surface area contributed by atoms with E-state index < -0.39 is 11.6 Å². The number of benzene rings is 1. The van der Waals surface area contributed by atoms with Gasteiger partial charge in [-0.05, 0) is 18.6 Å². The second-order valence-electron chi connectivity index (χ2n) is 4.06. The minimum atomic E-state index is -1.51.